The molecule has 0 saturated carbocycles. The number of nitrogens with zero attached hydrogens (tertiary/aromatic N) is 2. The first-order valence-electron chi connectivity index (χ1n) is 8.83. The summed E-state index contributed by atoms with van der Waals surface area (Å²) in [6.45, 7) is 4.67. The Labute approximate surface area is 166 Å². The van der Waals surface area contributed by atoms with Crippen molar-refractivity contribution in [3.8, 4) is 10.6 Å². The van der Waals surface area contributed by atoms with Crippen LogP contribution in [-0.2, 0) is 9.59 Å². The lowest BCUT2D eigenvalue weighted by atomic mass is 10.1. The molecule has 0 aliphatic rings. The van der Waals surface area contributed by atoms with Crippen molar-refractivity contribution in [3.63, 3.8) is 0 Å². The highest BCUT2D eigenvalue weighted by molar-refractivity contribution is 7.14. The maximum absolute atomic E-state index is 13.0. The summed E-state index contributed by atoms with van der Waals surface area (Å²) in [6.07, 6.45) is 1.27. The Morgan fingerprint density at radius 2 is 2.04 bits per heavy atom. The molecule has 2 aromatic heterocycles. The molecule has 3 N–H and O–H groups in total. The molecule has 7 nitrogen and oxygen atoms in total. The Kier molecular flexibility index (Phi) is 7.93. The number of carbonyl (C=O) groups excluding carboxylic acids is 3. The van der Waals surface area contributed by atoms with Crippen LogP contribution in [0.2, 0.25) is 0 Å². The maximum Gasteiger partial charge on any atom is 0.274 e. The summed E-state index contributed by atoms with van der Waals surface area (Å²) >= 11 is 2.92. The highest BCUT2D eigenvalue weighted by Crippen LogP contribution is 2.26. The molecule has 0 fully saturated rings. The Balaban J connectivity index is 2.21. The molecule has 0 aromatic carbocycles. The van der Waals surface area contributed by atoms with Crippen molar-refractivity contribution in [2.45, 2.75) is 39.2 Å². The lowest BCUT2D eigenvalue weighted by Gasteiger charge is -2.28. The van der Waals surface area contributed by atoms with Gasteiger partial charge >= 0.3 is 0 Å². The van der Waals surface area contributed by atoms with Crippen LogP contribution in [0, 0.1) is 0 Å². The SMILES string of the molecule is CCCNC(=O)CC(C(N)=O)N(CCC)C(=O)c1csc(-c2ccsc2)n1. The van der Waals surface area contributed by atoms with E-state index in [1.54, 1.807) is 16.7 Å². The van der Waals surface area contributed by atoms with Crippen molar-refractivity contribution in [2.75, 3.05) is 13.1 Å². The lowest BCUT2D eigenvalue weighted by molar-refractivity contribution is -0.129. The first kappa shape index (κ1) is 21.0. The number of carbonyl (C=O) groups is 3. The van der Waals surface area contributed by atoms with Gasteiger partial charge in [0.25, 0.3) is 5.91 Å². The summed E-state index contributed by atoms with van der Waals surface area (Å²) in [5, 5.41) is 9.04. The molecule has 2 heterocycles. The second-order valence-electron chi connectivity index (χ2n) is 6.02. The van der Waals surface area contributed by atoms with Crippen LogP contribution in [0.25, 0.3) is 10.6 Å². The van der Waals surface area contributed by atoms with E-state index in [2.05, 4.69) is 10.3 Å². The second-order valence-corrected chi connectivity index (χ2v) is 7.66. The molecule has 146 valence electrons. The van der Waals surface area contributed by atoms with Gasteiger partial charge < -0.3 is 16.0 Å². The van der Waals surface area contributed by atoms with E-state index in [0.29, 0.717) is 19.5 Å². The fraction of sp³-hybridized carbons (Fsp3) is 0.444. The molecule has 0 radical (unpaired) electrons. The minimum Gasteiger partial charge on any atom is -0.368 e. The number of nitrogens with two attached hydrogens (primary N) is 1. The van der Waals surface area contributed by atoms with Crippen LogP contribution in [0.4, 0.5) is 0 Å². The van der Waals surface area contributed by atoms with Crippen LogP contribution in [0.15, 0.2) is 22.2 Å². The minimum atomic E-state index is -0.999. The molecule has 1 atom stereocenters. The second kappa shape index (κ2) is 10.2. The summed E-state index contributed by atoms with van der Waals surface area (Å²) in [5.41, 5.74) is 6.73. The van der Waals surface area contributed by atoms with Crippen molar-refractivity contribution >= 4 is 40.4 Å². The minimum absolute atomic E-state index is 0.150. The highest BCUT2D eigenvalue weighted by atomic mass is 32.1. The van der Waals surface area contributed by atoms with Gasteiger partial charge in [-0.1, -0.05) is 13.8 Å². The summed E-state index contributed by atoms with van der Waals surface area (Å²) < 4.78 is 0. The van der Waals surface area contributed by atoms with E-state index in [4.69, 9.17) is 5.73 Å². The average Bonchev–Trinajstić information content (AvgIpc) is 3.33. The Bertz CT molecular complexity index is 773. The van der Waals surface area contributed by atoms with Crippen LogP contribution in [0.5, 0.6) is 0 Å². The van der Waals surface area contributed by atoms with Crippen molar-refractivity contribution < 1.29 is 14.4 Å². The zero-order chi connectivity index (χ0) is 19.8. The normalized spacial score (nSPS) is 11.8. The molecule has 2 rings (SSSR count). The van der Waals surface area contributed by atoms with Gasteiger partial charge in [-0.2, -0.15) is 11.3 Å². The van der Waals surface area contributed by atoms with Gasteiger partial charge in [0.1, 0.15) is 16.7 Å². The van der Waals surface area contributed by atoms with Crippen LogP contribution in [-0.4, -0.2) is 46.7 Å². The summed E-state index contributed by atoms with van der Waals surface area (Å²) in [6, 6.07) is 0.937. The molecule has 2 aromatic rings. The van der Waals surface area contributed by atoms with Crippen molar-refractivity contribution in [3.05, 3.63) is 27.9 Å². The van der Waals surface area contributed by atoms with Gasteiger partial charge in [0.15, 0.2) is 0 Å². The van der Waals surface area contributed by atoms with Crippen LogP contribution >= 0.6 is 22.7 Å². The monoisotopic (exact) mass is 408 g/mol. The highest BCUT2D eigenvalue weighted by Gasteiger charge is 2.31. The Morgan fingerprint density at radius 3 is 2.63 bits per heavy atom. The number of nitrogens with one attached hydrogen (secondary N) is 1. The third-order valence-corrected chi connectivity index (χ3v) is 5.45. The molecule has 0 aliphatic heterocycles. The standard InChI is InChI=1S/C18H24N4O3S2/c1-3-6-20-15(23)9-14(16(19)24)22(7-4-2)18(25)13-11-27-17(21-13)12-5-8-26-10-12/h5,8,10-11,14H,3-4,6-7,9H2,1-2H3,(H2,19,24)(H,20,23). The molecule has 3 amide bonds. The fourth-order valence-electron chi connectivity index (χ4n) is 2.55. The molecule has 27 heavy (non-hydrogen) atoms. The Morgan fingerprint density at radius 1 is 1.26 bits per heavy atom. The number of thiophene rings is 1. The van der Waals surface area contributed by atoms with Crippen LogP contribution in [0.1, 0.15) is 43.6 Å². The van der Waals surface area contributed by atoms with E-state index in [1.807, 2.05) is 30.7 Å². The van der Waals surface area contributed by atoms with Gasteiger partial charge in [-0.25, -0.2) is 4.98 Å². The summed E-state index contributed by atoms with van der Waals surface area (Å²) in [4.78, 5) is 42.8. The predicted octanol–water partition coefficient (Wildman–Crippen LogP) is 2.49. The van der Waals surface area contributed by atoms with E-state index in [9.17, 15) is 14.4 Å². The third-order valence-electron chi connectivity index (χ3n) is 3.87. The van der Waals surface area contributed by atoms with E-state index in [1.165, 1.54) is 16.2 Å². The predicted molar refractivity (Wildman–Crippen MR) is 108 cm³/mol. The van der Waals surface area contributed by atoms with Crippen molar-refractivity contribution in [1.29, 1.82) is 0 Å². The number of rotatable bonds is 10. The summed E-state index contributed by atoms with van der Waals surface area (Å²) in [7, 11) is 0. The van der Waals surface area contributed by atoms with Gasteiger partial charge in [0.2, 0.25) is 11.8 Å². The third kappa shape index (κ3) is 5.61. The number of thiazole rings is 1. The van der Waals surface area contributed by atoms with Gasteiger partial charge in [-0.3, -0.25) is 14.4 Å². The van der Waals surface area contributed by atoms with Gasteiger partial charge in [-0.05, 0) is 24.3 Å². The van der Waals surface area contributed by atoms with Crippen molar-refractivity contribution in [1.82, 2.24) is 15.2 Å². The smallest absolute Gasteiger partial charge is 0.274 e. The molecule has 1 unspecified atom stereocenters. The lowest BCUT2D eigenvalue weighted by Crippen LogP contribution is -2.50. The zero-order valence-electron chi connectivity index (χ0n) is 15.4. The van der Waals surface area contributed by atoms with Crippen LogP contribution in [0.3, 0.4) is 0 Å². The quantitative estimate of drug-likeness (QED) is 0.630. The fourth-order valence-corrected chi connectivity index (χ4v) is 4.06. The first-order chi connectivity index (χ1) is 13.0. The molecule has 0 bridgehead atoms. The first-order valence-corrected chi connectivity index (χ1v) is 10.6. The molecule has 0 saturated heterocycles. The van der Waals surface area contributed by atoms with Crippen molar-refractivity contribution in [2.24, 2.45) is 5.73 Å². The van der Waals surface area contributed by atoms with Gasteiger partial charge in [0.05, 0.1) is 6.42 Å². The van der Waals surface area contributed by atoms with E-state index >= 15 is 0 Å². The number of hydrogen-bond acceptors (Lipinski definition) is 6. The number of primary amides is 1. The molecular weight excluding hydrogens is 384 g/mol. The molecule has 0 spiro atoms. The summed E-state index contributed by atoms with van der Waals surface area (Å²) in [5.74, 6) is -1.38. The topological polar surface area (TPSA) is 105 Å². The van der Waals surface area contributed by atoms with E-state index in [-0.39, 0.29) is 23.9 Å². The number of amides is 3. The molecule has 0 aliphatic carbocycles. The maximum atomic E-state index is 13.0. The molecule has 9 heteroatoms. The number of aromatic nitrogens is 1. The molecular formula is C18H24N4O3S2. The van der Waals surface area contributed by atoms with Gasteiger partial charge in [-0.15, -0.1) is 11.3 Å². The van der Waals surface area contributed by atoms with E-state index < -0.39 is 11.9 Å². The van der Waals surface area contributed by atoms with E-state index in [0.717, 1.165) is 17.0 Å². The average molecular weight is 409 g/mol. The Hall–Kier alpha value is -2.26. The van der Waals surface area contributed by atoms with Gasteiger partial charge in [0, 0.05) is 29.4 Å². The zero-order valence-corrected chi connectivity index (χ0v) is 17.1. The largest absolute Gasteiger partial charge is 0.368 e. The number of hydrogen-bond donors (Lipinski definition) is 2. The van der Waals surface area contributed by atoms with Crippen LogP contribution < -0.4 is 11.1 Å².